The first kappa shape index (κ1) is 23.9. The molecule has 1 aliphatic carbocycles. The third-order valence-corrected chi connectivity index (χ3v) is 6.14. The number of methoxy groups -OCH3 is 2. The molecule has 1 atom stereocenters. The summed E-state index contributed by atoms with van der Waals surface area (Å²) in [6, 6.07) is 14.0. The molecule has 0 radical (unpaired) electrons. The fourth-order valence-electron chi connectivity index (χ4n) is 4.20. The molecule has 1 saturated carbocycles. The molecule has 32 heavy (non-hydrogen) atoms. The van der Waals surface area contributed by atoms with E-state index >= 15 is 0 Å². The highest BCUT2D eigenvalue weighted by atomic mass is 35.5. The lowest BCUT2D eigenvalue weighted by Crippen LogP contribution is -2.47. The van der Waals surface area contributed by atoms with Crippen molar-refractivity contribution in [2.24, 2.45) is 0 Å². The maximum atomic E-state index is 13.6. The number of ether oxygens (including phenoxy) is 2. The van der Waals surface area contributed by atoms with Gasteiger partial charge in [0.15, 0.2) is 0 Å². The van der Waals surface area contributed by atoms with Crippen molar-refractivity contribution in [2.45, 2.75) is 50.7 Å². The normalized spacial score (nSPS) is 15.0. The van der Waals surface area contributed by atoms with Gasteiger partial charge in [0.1, 0.15) is 23.4 Å². The van der Waals surface area contributed by atoms with Crippen molar-refractivity contribution in [2.75, 3.05) is 20.1 Å². The number of carbonyl (C=O) groups is 2. The van der Waals surface area contributed by atoms with Crippen molar-refractivity contribution in [3.8, 4) is 11.5 Å². The number of amides is 2. The molecule has 7 heteroatoms. The van der Waals surface area contributed by atoms with Gasteiger partial charge in [0.05, 0.1) is 20.8 Å². The number of alkyl halides is 1. The zero-order valence-corrected chi connectivity index (χ0v) is 19.4. The summed E-state index contributed by atoms with van der Waals surface area (Å²) < 4.78 is 10.7. The Morgan fingerprint density at radius 1 is 1.03 bits per heavy atom. The van der Waals surface area contributed by atoms with E-state index in [2.05, 4.69) is 5.32 Å². The predicted octanol–water partition coefficient (Wildman–Crippen LogP) is 4.46. The number of carbonyl (C=O) groups excluding carboxylic acids is 2. The second kappa shape index (κ2) is 11.8. The van der Waals surface area contributed by atoms with Crippen LogP contribution in [0.3, 0.4) is 0 Å². The maximum absolute atomic E-state index is 13.6. The second-order valence-electron chi connectivity index (χ2n) is 7.99. The first-order valence-electron chi connectivity index (χ1n) is 11.0. The number of hydrogen-bond donors (Lipinski definition) is 1. The number of halogens is 1. The first-order valence-corrected chi connectivity index (χ1v) is 11.5. The summed E-state index contributed by atoms with van der Waals surface area (Å²) in [7, 11) is 3.18. The molecule has 1 aliphatic rings. The van der Waals surface area contributed by atoms with Crippen LogP contribution in [0, 0.1) is 0 Å². The smallest absolute Gasteiger partial charge is 0.247 e. The van der Waals surface area contributed by atoms with Crippen molar-refractivity contribution in [1.29, 1.82) is 0 Å². The molecule has 2 aromatic carbocycles. The van der Waals surface area contributed by atoms with E-state index in [1.807, 2.05) is 36.4 Å². The molecule has 0 spiro atoms. The molecule has 0 aliphatic heterocycles. The molecular weight excluding hydrogens is 428 g/mol. The van der Waals surface area contributed by atoms with Gasteiger partial charge in [-0.2, -0.15) is 0 Å². The lowest BCUT2D eigenvalue weighted by atomic mass is 9.94. The third kappa shape index (κ3) is 5.94. The summed E-state index contributed by atoms with van der Waals surface area (Å²) in [4.78, 5) is 28.1. The zero-order valence-electron chi connectivity index (χ0n) is 18.7. The Labute approximate surface area is 194 Å². The Hall–Kier alpha value is -2.73. The van der Waals surface area contributed by atoms with Gasteiger partial charge < -0.3 is 19.7 Å². The molecule has 3 rings (SSSR count). The van der Waals surface area contributed by atoms with Gasteiger partial charge in [-0.05, 0) is 36.6 Å². The SMILES string of the molecule is COc1ccc(C(C(=O)NC2CCCCC2)N(Cc2ccccc2OC)C(=O)CCl)cc1. The number of hydrogen-bond acceptors (Lipinski definition) is 4. The zero-order chi connectivity index (χ0) is 22.9. The molecular formula is C25H31ClN2O4. The van der Waals surface area contributed by atoms with Crippen molar-refractivity contribution in [1.82, 2.24) is 10.2 Å². The molecule has 6 nitrogen and oxygen atoms in total. The topological polar surface area (TPSA) is 67.9 Å². The molecule has 2 amide bonds. The Balaban J connectivity index is 1.97. The average Bonchev–Trinajstić information content (AvgIpc) is 2.84. The number of nitrogens with zero attached hydrogens (tertiary/aromatic N) is 1. The Kier molecular flexibility index (Phi) is 8.80. The minimum absolute atomic E-state index is 0.121. The van der Waals surface area contributed by atoms with Crippen molar-refractivity contribution in [3.05, 3.63) is 59.7 Å². The fraction of sp³-hybridized carbons (Fsp3) is 0.440. The van der Waals surface area contributed by atoms with Crippen LogP contribution < -0.4 is 14.8 Å². The van der Waals surface area contributed by atoms with Crippen LogP contribution in [0.4, 0.5) is 0 Å². The van der Waals surface area contributed by atoms with E-state index in [9.17, 15) is 9.59 Å². The van der Waals surface area contributed by atoms with E-state index in [4.69, 9.17) is 21.1 Å². The quantitative estimate of drug-likeness (QED) is 0.563. The molecule has 0 heterocycles. The average molecular weight is 459 g/mol. The lowest BCUT2D eigenvalue weighted by molar-refractivity contribution is -0.140. The Morgan fingerprint density at radius 3 is 2.34 bits per heavy atom. The summed E-state index contributed by atoms with van der Waals surface area (Å²) >= 11 is 5.99. The van der Waals surface area contributed by atoms with Gasteiger partial charge in [0.25, 0.3) is 0 Å². The highest BCUT2D eigenvalue weighted by Gasteiger charge is 2.33. The van der Waals surface area contributed by atoms with Crippen LogP contribution >= 0.6 is 11.6 Å². The van der Waals surface area contributed by atoms with Crippen molar-refractivity contribution >= 4 is 23.4 Å². The molecule has 172 valence electrons. The first-order chi connectivity index (χ1) is 15.6. The minimum Gasteiger partial charge on any atom is -0.497 e. The van der Waals surface area contributed by atoms with Crippen LogP contribution in [-0.2, 0) is 16.1 Å². The van der Waals surface area contributed by atoms with E-state index < -0.39 is 6.04 Å². The van der Waals surface area contributed by atoms with Gasteiger partial charge in [0.2, 0.25) is 11.8 Å². The van der Waals surface area contributed by atoms with Gasteiger partial charge in [-0.25, -0.2) is 0 Å². The molecule has 2 aromatic rings. The largest absolute Gasteiger partial charge is 0.497 e. The molecule has 1 N–H and O–H groups in total. The number of benzene rings is 2. The number of nitrogens with one attached hydrogen (secondary N) is 1. The summed E-state index contributed by atoms with van der Waals surface area (Å²) in [5.41, 5.74) is 1.50. The standard InChI is InChI=1S/C25H31ClN2O4/c1-31-21-14-12-18(13-15-21)24(25(30)27-20-9-4-3-5-10-20)28(23(29)16-26)17-19-8-6-7-11-22(19)32-2/h6-8,11-15,20,24H,3-5,9-10,16-17H2,1-2H3,(H,27,30). The van der Waals surface area contributed by atoms with Crippen LogP contribution in [0.5, 0.6) is 11.5 Å². The fourth-order valence-corrected chi connectivity index (χ4v) is 4.36. The summed E-state index contributed by atoms with van der Waals surface area (Å²) in [6.07, 6.45) is 5.31. The highest BCUT2D eigenvalue weighted by Crippen LogP contribution is 2.29. The van der Waals surface area contributed by atoms with Crippen LogP contribution in [-0.4, -0.2) is 42.9 Å². The minimum atomic E-state index is -0.820. The van der Waals surface area contributed by atoms with Gasteiger partial charge in [-0.15, -0.1) is 11.6 Å². The third-order valence-electron chi connectivity index (χ3n) is 5.91. The maximum Gasteiger partial charge on any atom is 0.247 e. The van der Waals surface area contributed by atoms with Crippen LogP contribution in [0.15, 0.2) is 48.5 Å². The van der Waals surface area contributed by atoms with Gasteiger partial charge in [0, 0.05) is 11.6 Å². The molecule has 0 aromatic heterocycles. The van der Waals surface area contributed by atoms with E-state index in [1.54, 1.807) is 26.4 Å². The van der Waals surface area contributed by atoms with Crippen molar-refractivity contribution < 1.29 is 19.1 Å². The predicted molar refractivity (Wildman–Crippen MR) is 125 cm³/mol. The van der Waals surface area contributed by atoms with Crippen LogP contribution in [0.25, 0.3) is 0 Å². The Morgan fingerprint density at radius 2 is 1.72 bits per heavy atom. The lowest BCUT2D eigenvalue weighted by Gasteiger charge is -2.33. The number of para-hydroxylation sites is 1. The Bertz CT molecular complexity index is 897. The molecule has 1 unspecified atom stereocenters. The van der Waals surface area contributed by atoms with E-state index in [-0.39, 0.29) is 30.3 Å². The van der Waals surface area contributed by atoms with E-state index in [1.165, 1.54) is 11.3 Å². The molecule has 1 fully saturated rings. The molecule has 0 saturated heterocycles. The van der Waals surface area contributed by atoms with Crippen molar-refractivity contribution in [3.63, 3.8) is 0 Å². The summed E-state index contributed by atoms with van der Waals surface area (Å²) in [6.45, 7) is 0.199. The monoisotopic (exact) mass is 458 g/mol. The molecule has 0 bridgehead atoms. The van der Waals surface area contributed by atoms with Crippen LogP contribution in [0.1, 0.15) is 49.3 Å². The summed E-state index contributed by atoms with van der Waals surface area (Å²) in [5, 5.41) is 3.18. The van der Waals surface area contributed by atoms with E-state index in [0.29, 0.717) is 17.1 Å². The number of rotatable bonds is 9. The summed E-state index contributed by atoms with van der Waals surface area (Å²) in [5.74, 6) is 0.590. The highest BCUT2D eigenvalue weighted by molar-refractivity contribution is 6.27. The van der Waals surface area contributed by atoms with Gasteiger partial charge in [-0.1, -0.05) is 49.6 Å². The van der Waals surface area contributed by atoms with Gasteiger partial charge >= 0.3 is 0 Å². The van der Waals surface area contributed by atoms with Gasteiger partial charge in [-0.3, -0.25) is 9.59 Å². The second-order valence-corrected chi connectivity index (χ2v) is 8.25. The van der Waals surface area contributed by atoms with Crippen LogP contribution in [0.2, 0.25) is 0 Å². The van der Waals surface area contributed by atoms with E-state index in [0.717, 1.165) is 31.2 Å².